The number of carbonyl (C=O) groups excluding carboxylic acids is 2. The maximum absolute atomic E-state index is 12.3. The van der Waals surface area contributed by atoms with Gasteiger partial charge in [-0.05, 0) is 39.2 Å². The second kappa shape index (κ2) is 10.7. The highest BCUT2D eigenvalue weighted by atomic mass is 16.6. The van der Waals surface area contributed by atoms with Gasteiger partial charge in [-0.25, -0.2) is 9.59 Å². The van der Waals surface area contributed by atoms with Crippen molar-refractivity contribution >= 4 is 18.4 Å². The molecule has 0 saturated carbocycles. The minimum absolute atomic E-state index is 0.0485. The number of benzene rings is 1. The first-order valence-corrected chi connectivity index (χ1v) is 10.1. The third kappa shape index (κ3) is 7.42. The third-order valence-corrected chi connectivity index (χ3v) is 4.57. The molecule has 1 heterocycles. The predicted octanol–water partition coefficient (Wildman–Crippen LogP) is 3.53. The monoisotopic (exact) mass is 416 g/mol. The number of carbonyl (C=O) groups is 2. The Morgan fingerprint density at radius 1 is 1.23 bits per heavy atom. The Hall–Kier alpha value is -3.03. The Morgan fingerprint density at radius 3 is 2.43 bits per heavy atom. The maximum atomic E-state index is 12.3. The van der Waals surface area contributed by atoms with Crippen LogP contribution in [0.25, 0.3) is 0 Å². The average molecular weight is 417 g/mol. The fourth-order valence-corrected chi connectivity index (χ4v) is 2.87. The van der Waals surface area contributed by atoms with E-state index in [1.54, 1.807) is 18.2 Å². The first-order valence-electron chi connectivity index (χ1n) is 10.1. The number of aliphatic imine (C=N–C) groups is 1. The quantitative estimate of drug-likeness (QED) is 0.741. The van der Waals surface area contributed by atoms with Crippen LogP contribution >= 0.6 is 0 Å². The number of ether oxygens (including phenoxy) is 2. The molecule has 30 heavy (non-hydrogen) atoms. The molecule has 2 amide bonds. The SMILES string of the molecule is CN(C(=O)OCc1ccccc1)C(C=NC1CCN(C(=O)OC(C)(C)C)CC1)=CN. The zero-order chi connectivity index (χ0) is 22.1. The molecule has 1 fully saturated rings. The van der Waals surface area contributed by atoms with Gasteiger partial charge in [0.15, 0.2) is 0 Å². The number of hydrogen-bond donors (Lipinski definition) is 1. The van der Waals surface area contributed by atoms with Crippen LogP contribution in [0, 0.1) is 0 Å². The standard InChI is InChI=1S/C22H32N4O4/c1-22(2,3)30-21(28)26-12-10-18(11-13-26)24-15-19(14-23)25(4)20(27)29-16-17-8-6-5-7-9-17/h5-9,14-15,18H,10-13,16,23H2,1-4H3. The summed E-state index contributed by atoms with van der Waals surface area (Å²) < 4.78 is 10.7. The molecule has 164 valence electrons. The van der Waals surface area contributed by atoms with E-state index in [0.717, 1.165) is 18.4 Å². The van der Waals surface area contributed by atoms with E-state index in [4.69, 9.17) is 15.2 Å². The van der Waals surface area contributed by atoms with Gasteiger partial charge in [-0.1, -0.05) is 30.3 Å². The Labute approximate surface area is 178 Å². The lowest BCUT2D eigenvalue weighted by atomic mass is 10.1. The van der Waals surface area contributed by atoms with Crippen LogP contribution in [-0.2, 0) is 16.1 Å². The van der Waals surface area contributed by atoms with Gasteiger partial charge in [0, 0.05) is 32.6 Å². The smallest absolute Gasteiger partial charge is 0.414 e. The molecule has 0 spiro atoms. The molecule has 2 N–H and O–H groups in total. The topological polar surface area (TPSA) is 97.5 Å². The van der Waals surface area contributed by atoms with Crippen molar-refractivity contribution in [2.45, 2.75) is 51.9 Å². The zero-order valence-corrected chi connectivity index (χ0v) is 18.2. The second-order valence-corrected chi connectivity index (χ2v) is 8.17. The molecule has 1 aliphatic heterocycles. The molecule has 8 nitrogen and oxygen atoms in total. The number of hydrogen-bond acceptors (Lipinski definition) is 6. The first-order chi connectivity index (χ1) is 14.2. The molecular weight excluding hydrogens is 384 g/mol. The summed E-state index contributed by atoms with van der Waals surface area (Å²) in [4.78, 5) is 32.0. The maximum Gasteiger partial charge on any atom is 0.414 e. The van der Waals surface area contributed by atoms with Gasteiger partial charge in [-0.2, -0.15) is 0 Å². The van der Waals surface area contributed by atoms with Crippen molar-refractivity contribution in [2.24, 2.45) is 10.7 Å². The summed E-state index contributed by atoms with van der Waals surface area (Å²) in [5.74, 6) is 0. The van der Waals surface area contributed by atoms with Crippen LogP contribution in [0.2, 0.25) is 0 Å². The molecule has 2 rings (SSSR count). The summed E-state index contributed by atoms with van der Waals surface area (Å²) >= 11 is 0. The largest absolute Gasteiger partial charge is 0.444 e. The third-order valence-electron chi connectivity index (χ3n) is 4.57. The van der Waals surface area contributed by atoms with E-state index in [2.05, 4.69) is 4.99 Å². The van der Waals surface area contributed by atoms with Gasteiger partial charge < -0.3 is 20.1 Å². The van der Waals surface area contributed by atoms with Crippen molar-refractivity contribution in [1.29, 1.82) is 0 Å². The Bertz CT molecular complexity index is 763. The molecule has 1 saturated heterocycles. The summed E-state index contributed by atoms with van der Waals surface area (Å²) in [6, 6.07) is 9.50. The van der Waals surface area contributed by atoms with Crippen LogP contribution in [0.3, 0.4) is 0 Å². The van der Waals surface area contributed by atoms with Gasteiger partial charge in [0.1, 0.15) is 12.2 Å². The molecule has 0 atom stereocenters. The van der Waals surface area contributed by atoms with E-state index < -0.39 is 11.7 Å². The van der Waals surface area contributed by atoms with Gasteiger partial charge >= 0.3 is 12.2 Å². The Kier molecular flexibility index (Phi) is 8.26. The lowest BCUT2D eigenvalue weighted by Crippen LogP contribution is -2.42. The van der Waals surface area contributed by atoms with Crippen LogP contribution in [0.4, 0.5) is 9.59 Å². The van der Waals surface area contributed by atoms with Crippen LogP contribution in [0.5, 0.6) is 0 Å². The summed E-state index contributed by atoms with van der Waals surface area (Å²) in [5, 5.41) is 0. The Morgan fingerprint density at radius 2 is 1.87 bits per heavy atom. The molecule has 0 aromatic heterocycles. The minimum atomic E-state index is -0.512. The number of rotatable bonds is 5. The number of piperidine rings is 1. The van der Waals surface area contributed by atoms with Crippen molar-refractivity contribution in [3.63, 3.8) is 0 Å². The number of nitrogens with two attached hydrogens (primary N) is 1. The molecule has 0 bridgehead atoms. The molecule has 1 aliphatic rings. The van der Waals surface area contributed by atoms with Gasteiger partial charge in [-0.15, -0.1) is 0 Å². The lowest BCUT2D eigenvalue weighted by Gasteiger charge is -2.32. The molecule has 8 heteroatoms. The van der Waals surface area contributed by atoms with Crippen molar-refractivity contribution in [1.82, 2.24) is 9.80 Å². The van der Waals surface area contributed by atoms with Gasteiger partial charge in [-0.3, -0.25) is 9.89 Å². The minimum Gasteiger partial charge on any atom is -0.444 e. The molecule has 0 aliphatic carbocycles. The van der Waals surface area contributed by atoms with Crippen LogP contribution in [0.1, 0.15) is 39.2 Å². The summed E-state index contributed by atoms with van der Waals surface area (Å²) in [7, 11) is 1.59. The number of nitrogens with zero attached hydrogens (tertiary/aromatic N) is 3. The predicted molar refractivity (Wildman–Crippen MR) is 116 cm³/mol. The van der Waals surface area contributed by atoms with E-state index in [-0.39, 0.29) is 18.7 Å². The second-order valence-electron chi connectivity index (χ2n) is 8.17. The molecule has 1 aromatic carbocycles. The van der Waals surface area contributed by atoms with Gasteiger partial charge in [0.25, 0.3) is 0 Å². The molecule has 0 radical (unpaired) electrons. The highest BCUT2D eigenvalue weighted by Gasteiger charge is 2.26. The Balaban J connectivity index is 1.82. The normalized spacial score (nSPS) is 15.9. The lowest BCUT2D eigenvalue weighted by molar-refractivity contribution is 0.0207. The van der Waals surface area contributed by atoms with Crippen molar-refractivity contribution < 1.29 is 19.1 Å². The van der Waals surface area contributed by atoms with Crippen molar-refractivity contribution in [3.05, 3.63) is 47.8 Å². The van der Waals surface area contributed by atoms with Crippen molar-refractivity contribution in [3.8, 4) is 0 Å². The number of likely N-dealkylation sites (tertiary alicyclic amines) is 1. The summed E-state index contributed by atoms with van der Waals surface area (Å²) in [5.41, 5.74) is 6.53. The fourth-order valence-electron chi connectivity index (χ4n) is 2.87. The van der Waals surface area contributed by atoms with E-state index in [1.807, 2.05) is 51.1 Å². The van der Waals surface area contributed by atoms with E-state index in [0.29, 0.717) is 18.8 Å². The highest BCUT2D eigenvalue weighted by Crippen LogP contribution is 2.17. The van der Waals surface area contributed by atoms with Crippen LogP contribution < -0.4 is 5.73 Å². The molecular formula is C22H32N4O4. The van der Waals surface area contributed by atoms with Gasteiger partial charge in [0.2, 0.25) is 0 Å². The zero-order valence-electron chi connectivity index (χ0n) is 18.2. The van der Waals surface area contributed by atoms with E-state index >= 15 is 0 Å². The average Bonchev–Trinajstić information content (AvgIpc) is 2.72. The first kappa shape index (κ1) is 23.3. The van der Waals surface area contributed by atoms with Crippen LogP contribution in [0.15, 0.2) is 47.2 Å². The molecule has 0 unspecified atom stereocenters. The van der Waals surface area contributed by atoms with E-state index in [9.17, 15) is 9.59 Å². The summed E-state index contributed by atoms with van der Waals surface area (Å²) in [6.45, 7) is 6.89. The van der Waals surface area contributed by atoms with E-state index in [1.165, 1.54) is 11.1 Å². The van der Waals surface area contributed by atoms with Crippen molar-refractivity contribution in [2.75, 3.05) is 20.1 Å². The number of amides is 2. The molecule has 1 aromatic rings. The fraction of sp³-hybridized carbons (Fsp3) is 0.500. The van der Waals surface area contributed by atoms with Crippen LogP contribution in [-0.4, -0.2) is 60.0 Å². The summed E-state index contributed by atoms with van der Waals surface area (Å²) in [6.07, 6.45) is 3.53. The van der Waals surface area contributed by atoms with Gasteiger partial charge in [0.05, 0.1) is 11.7 Å². The highest BCUT2D eigenvalue weighted by molar-refractivity contribution is 5.84. The number of allylic oxidation sites excluding steroid dienone is 1.